The van der Waals surface area contributed by atoms with Crippen LogP contribution in [0.2, 0.25) is 0 Å². The monoisotopic (exact) mass is 420 g/mol. The van der Waals surface area contributed by atoms with Crippen LogP contribution in [0.4, 0.5) is 8.78 Å². The van der Waals surface area contributed by atoms with Crippen molar-refractivity contribution >= 4 is 11.8 Å². The number of hydrogen-bond donors (Lipinski definition) is 1. The summed E-state index contributed by atoms with van der Waals surface area (Å²) in [5.74, 6) is -1.16. The van der Waals surface area contributed by atoms with E-state index in [4.69, 9.17) is 9.47 Å². The minimum absolute atomic E-state index is 0.0607. The van der Waals surface area contributed by atoms with Gasteiger partial charge in [-0.15, -0.1) is 0 Å². The summed E-state index contributed by atoms with van der Waals surface area (Å²) in [6.45, 7) is 3.04. The van der Waals surface area contributed by atoms with Crippen LogP contribution >= 0.6 is 0 Å². The summed E-state index contributed by atoms with van der Waals surface area (Å²) in [5, 5.41) is 2.55. The standard InChI is InChI=1S/C22H26F2N2O4/c1-4-26(14-15-7-10-19(29-2)20(12-15)30-3)21(27)6-5-11-25-22(28)17-9-8-16(23)13-18(17)24/h7-10,12-13H,4-6,11,14H2,1-3H3,(H,25,28). The van der Waals surface area contributed by atoms with Crippen LogP contribution < -0.4 is 14.8 Å². The average Bonchev–Trinajstić information content (AvgIpc) is 2.74. The van der Waals surface area contributed by atoms with E-state index >= 15 is 0 Å². The molecule has 8 heteroatoms. The molecule has 2 rings (SSSR count). The summed E-state index contributed by atoms with van der Waals surface area (Å²) in [4.78, 5) is 26.2. The zero-order valence-corrected chi connectivity index (χ0v) is 17.3. The Kier molecular flexibility index (Phi) is 8.58. The highest BCUT2D eigenvalue weighted by Crippen LogP contribution is 2.28. The van der Waals surface area contributed by atoms with Gasteiger partial charge in [0.2, 0.25) is 5.91 Å². The average molecular weight is 420 g/mol. The normalized spacial score (nSPS) is 10.4. The first-order valence-electron chi connectivity index (χ1n) is 9.61. The van der Waals surface area contributed by atoms with Crippen molar-refractivity contribution in [2.24, 2.45) is 0 Å². The lowest BCUT2D eigenvalue weighted by Crippen LogP contribution is -2.31. The lowest BCUT2D eigenvalue weighted by Gasteiger charge is -2.21. The first-order valence-corrected chi connectivity index (χ1v) is 9.61. The fraction of sp³-hybridized carbons (Fsp3) is 0.364. The van der Waals surface area contributed by atoms with E-state index in [-0.39, 0.29) is 24.4 Å². The Morgan fingerprint density at radius 2 is 1.77 bits per heavy atom. The molecule has 2 aromatic carbocycles. The Bertz CT molecular complexity index is 889. The maximum atomic E-state index is 13.6. The van der Waals surface area contributed by atoms with Crippen LogP contribution in [0.3, 0.4) is 0 Å². The van der Waals surface area contributed by atoms with Crippen molar-refractivity contribution in [3.8, 4) is 11.5 Å². The van der Waals surface area contributed by atoms with Gasteiger partial charge in [0, 0.05) is 32.1 Å². The Hall–Kier alpha value is -3.16. The quantitative estimate of drug-likeness (QED) is 0.597. The number of carbonyl (C=O) groups is 2. The fourth-order valence-corrected chi connectivity index (χ4v) is 2.94. The van der Waals surface area contributed by atoms with Gasteiger partial charge in [-0.25, -0.2) is 8.78 Å². The zero-order chi connectivity index (χ0) is 22.1. The molecule has 0 spiro atoms. The number of nitrogens with one attached hydrogen (secondary N) is 1. The van der Waals surface area contributed by atoms with E-state index in [1.807, 2.05) is 19.1 Å². The van der Waals surface area contributed by atoms with Crippen LogP contribution in [0, 0.1) is 11.6 Å². The van der Waals surface area contributed by atoms with Crippen LogP contribution in [-0.2, 0) is 11.3 Å². The van der Waals surface area contributed by atoms with Crippen molar-refractivity contribution in [1.29, 1.82) is 0 Å². The SMILES string of the molecule is CCN(Cc1ccc(OC)c(OC)c1)C(=O)CCCNC(=O)c1ccc(F)cc1F. The maximum Gasteiger partial charge on any atom is 0.254 e. The molecule has 0 heterocycles. The summed E-state index contributed by atoms with van der Waals surface area (Å²) in [6.07, 6.45) is 0.628. The second-order valence-electron chi connectivity index (χ2n) is 6.58. The lowest BCUT2D eigenvalue weighted by atomic mass is 10.1. The van der Waals surface area contributed by atoms with E-state index in [2.05, 4.69) is 5.32 Å². The number of hydrogen-bond acceptors (Lipinski definition) is 4. The van der Waals surface area contributed by atoms with Crippen molar-refractivity contribution in [3.63, 3.8) is 0 Å². The second kappa shape index (κ2) is 11.1. The van der Waals surface area contributed by atoms with Crippen LogP contribution in [0.5, 0.6) is 11.5 Å². The minimum Gasteiger partial charge on any atom is -0.493 e. The van der Waals surface area contributed by atoms with Gasteiger partial charge in [-0.05, 0) is 43.2 Å². The molecule has 0 aromatic heterocycles. The third kappa shape index (κ3) is 6.17. The van der Waals surface area contributed by atoms with Crippen LogP contribution in [0.25, 0.3) is 0 Å². The minimum atomic E-state index is -0.921. The van der Waals surface area contributed by atoms with Gasteiger partial charge in [0.25, 0.3) is 5.91 Å². The molecule has 2 aromatic rings. The van der Waals surface area contributed by atoms with E-state index in [0.717, 1.165) is 17.7 Å². The first-order chi connectivity index (χ1) is 14.4. The Balaban J connectivity index is 1.84. The molecule has 1 N–H and O–H groups in total. The Morgan fingerprint density at radius 3 is 2.40 bits per heavy atom. The molecule has 0 atom stereocenters. The van der Waals surface area contributed by atoms with Crippen molar-refractivity contribution in [2.75, 3.05) is 27.3 Å². The van der Waals surface area contributed by atoms with Gasteiger partial charge in [0.1, 0.15) is 11.6 Å². The molecule has 6 nitrogen and oxygen atoms in total. The van der Waals surface area contributed by atoms with Gasteiger partial charge in [-0.1, -0.05) is 6.07 Å². The molecule has 0 saturated heterocycles. The van der Waals surface area contributed by atoms with Crippen molar-refractivity contribution in [3.05, 3.63) is 59.2 Å². The highest BCUT2D eigenvalue weighted by molar-refractivity contribution is 5.94. The number of carbonyl (C=O) groups excluding carboxylic acids is 2. The number of methoxy groups -OCH3 is 2. The topological polar surface area (TPSA) is 67.9 Å². The molecular formula is C22H26F2N2O4. The molecule has 0 aliphatic carbocycles. The summed E-state index contributed by atoms with van der Waals surface area (Å²) in [6, 6.07) is 8.26. The molecule has 0 saturated carbocycles. The Morgan fingerprint density at radius 1 is 1.03 bits per heavy atom. The van der Waals surface area contributed by atoms with Gasteiger partial charge in [0.15, 0.2) is 11.5 Å². The summed E-state index contributed by atoms with van der Waals surface area (Å²) < 4.78 is 37.1. The zero-order valence-electron chi connectivity index (χ0n) is 17.3. The summed E-state index contributed by atoms with van der Waals surface area (Å²) in [5.41, 5.74) is 0.675. The van der Waals surface area contributed by atoms with E-state index in [0.29, 0.717) is 37.1 Å². The predicted molar refractivity (Wildman–Crippen MR) is 109 cm³/mol. The molecule has 30 heavy (non-hydrogen) atoms. The molecule has 0 aliphatic rings. The first kappa shape index (κ1) is 23.1. The number of rotatable bonds is 10. The summed E-state index contributed by atoms with van der Waals surface area (Å²) in [7, 11) is 3.11. The largest absolute Gasteiger partial charge is 0.493 e. The van der Waals surface area contributed by atoms with Crippen molar-refractivity contribution in [1.82, 2.24) is 10.2 Å². The molecule has 0 radical (unpaired) electrons. The van der Waals surface area contributed by atoms with E-state index < -0.39 is 17.5 Å². The number of amides is 2. The summed E-state index contributed by atoms with van der Waals surface area (Å²) >= 11 is 0. The highest BCUT2D eigenvalue weighted by Gasteiger charge is 2.15. The smallest absolute Gasteiger partial charge is 0.254 e. The number of halogens is 2. The van der Waals surface area contributed by atoms with Gasteiger partial charge in [-0.2, -0.15) is 0 Å². The van der Waals surface area contributed by atoms with E-state index in [1.165, 1.54) is 0 Å². The lowest BCUT2D eigenvalue weighted by molar-refractivity contribution is -0.131. The van der Waals surface area contributed by atoms with Crippen molar-refractivity contribution < 1.29 is 27.8 Å². The Labute approximate surface area is 174 Å². The van der Waals surface area contributed by atoms with Crippen LogP contribution in [0.15, 0.2) is 36.4 Å². The van der Waals surface area contributed by atoms with Crippen LogP contribution in [-0.4, -0.2) is 44.0 Å². The molecular weight excluding hydrogens is 394 g/mol. The molecule has 0 fully saturated rings. The van der Waals surface area contributed by atoms with Gasteiger partial charge < -0.3 is 19.7 Å². The van der Waals surface area contributed by atoms with E-state index in [1.54, 1.807) is 25.2 Å². The molecule has 0 bridgehead atoms. The predicted octanol–water partition coefficient (Wildman–Crippen LogP) is 3.54. The van der Waals surface area contributed by atoms with Crippen molar-refractivity contribution in [2.45, 2.75) is 26.3 Å². The third-order valence-electron chi connectivity index (χ3n) is 4.58. The number of nitrogens with zero attached hydrogens (tertiary/aromatic N) is 1. The fourth-order valence-electron chi connectivity index (χ4n) is 2.94. The second-order valence-corrected chi connectivity index (χ2v) is 6.58. The molecule has 0 unspecified atom stereocenters. The van der Waals surface area contributed by atoms with Gasteiger partial charge in [0.05, 0.1) is 19.8 Å². The van der Waals surface area contributed by atoms with Gasteiger partial charge in [-0.3, -0.25) is 9.59 Å². The number of benzene rings is 2. The van der Waals surface area contributed by atoms with Crippen LogP contribution in [0.1, 0.15) is 35.7 Å². The number of ether oxygens (including phenoxy) is 2. The van der Waals surface area contributed by atoms with E-state index in [9.17, 15) is 18.4 Å². The maximum absolute atomic E-state index is 13.6. The van der Waals surface area contributed by atoms with Gasteiger partial charge >= 0.3 is 0 Å². The molecule has 162 valence electrons. The third-order valence-corrected chi connectivity index (χ3v) is 4.58. The molecule has 0 aliphatic heterocycles. The highest BCUT2D eigenvalue weighted by atomic mass is 19.1. The molecule has 2 amide bonds.